The minimum absolute atomic E-state index is 0.192. The third kappa shape index (κ3) is 3.44. The van der Waals surface area contributed by atoms with Crippen LogP contribution in [0.25, 0.3) is 0 Å². The number of hydrogen-bond acceptors (Lipinski definition) is 3. The van der Waals surface area contributed by atoms with Gasteiger partial charge in [0.15, 0.2) is 11.5 Å². The SMILES string of the molecule is CCNC(C)Cc1ccc(O)c(OC)c1. The molecule has 1 aromatic carbocycles. The van der Waals surface area contributed by atoms with Crippen molar-refractivity contribution in [2.45, 2.75) is 26.3 Å². The molecule has 0 amide bonds. The first-order valence-electron chi connectivity index (χ1n) is 5.26. The second-order valence-electron chi connectivity index (χ2n) is 3.67. The van der Waals surface area contributed by atoms with Gasteiger partial charge in [-0.1, -0.05) is 13.0 Å². The summed E-state index contributed by atoms with van der Waals surface area (Å²) in [5.74, 6) is 0.730. The van der Waals surface area contributed by atoms with Gasteiger partial charge in [0, 0.05) is 6.04 Å². The van der Waals surface area contributed by atoms with Crippen LogP contribution in [0.4, 0.5) is 0 Å². The van der Waals surface area contributed by atoms with Gasteiger partial charge in [0.05, 0.1) is 7.11 Å². The molecule has 1 rings (SSSR count). The normalized spacial score (nSPS) is 12.5. The van der Waals surface area contributed by atoms with Crippen LogP contribution in [0, 0.1) is 0 Å². The Hall–Kier alpha value is -1.22. The number of phenols is 1. The number of hydrogen-bond donors (Lipinski definition) is 2. The molecule has 0 heterocycles. The molecule has 0 saturated heterocycles. The molecule has 0 fully saturated rings. The fraction of sp³-hybridized carbons (Fsp3) is 0.500. The summed E-state index contributed by atoms with van der Waals surface area (Å²) in [6, 6.07) is 5.91. The lowest BCUT2D eigenvalue weighted by Crippen LogP contribution is -2.27. The molecule has 0 aliphatic carbocycles. The summed E-state index contributed by atoms with van der Waals surface area (Å²) in [4.78, 5) is 0. The van der Waals surface area contributed by atoms with Gasteiger partial charge in [0.25, 0.3) is 0 Å². The van der Waals surface area contributed by atoms with Crippen molar-refractivity contribution in [1.82, 2.24) is 5.32 Å². The summed E-state index contributed by atoms with van der Waals surface area (Å²) in [6.45, 7) is 5.20. The number of rotatable bonds is 5. The van der Waals surface area contributed by atoms with Gasteiger partial charge in [-0.25, -0.2) is 0 Å². The van der Waals surface area contributed by atoms with Crippen LogP contribution >= 0.6 is 0 Å². The molecule has 1 atom stereocenters. The number of phenolic OH excluding ortho intramolecular Hbond substituents is 1. The fourth-order valence-corrected chi connectivity index (χ4v) is 1.62. The zero-order valence-electron chi connectivity index (χ0n) is 9.58. The Balaban J connectivity index is 2.69. The van der Waals surface area contributed by atoms with E-state index in [0.717, 1.165) is 18.5 Å². The largest absolute Gasteiger partial charge is 0.504 e. The van der Waals surface area contributed by atoms with Crippen molar-refractivity contribution >= 4 is 0 Å². The van der Waals surface area contributed by atoms with E-state index in [4.69, 9.17) is 4.74 Å². The zero-order valence-corrected chi connectivity index (χ0v) is 9.58. The fourth-order valence-electron chi connectivity index (χ4n) is 1.62. The van der Waals surface area contributed by atoms with Gasteiger partial charge in [-0.15, -0.1) is 0 Å². The van der Waals surface area contributed by atoms with Crippen LogP contribution in [-0.4, -0.2) is 24.8 Å². The molecule has 3 heteroatoms. The van der Waals surface area contributed by atoms with Gasteiger partial charge in [0.2, 0.25) is 0 Å². The monoisotopic (exact) mass is 209 g/mol. The van der Waals surface area contributed by atoms with Crippen LogP contribution in [0.3, 0.4) is 0 Å². The highest BCUT2D eigenvalue weighted by Crippen LogP contribution is 2.26. The number of methoxy groups -OCH3 is 1. The van der Waals surface area contributed by atoms with Gasteiger partial charge >= 0.3 is 0 Å². The lowest BCUT2D eigenvalue weighted by Gasteiger charge is -2.13. The lowest BCUT2D eigenvalue weighted by molar-refractivity contribution is 0.372. The minimum atomic E-state index is 0.192. The Morgan fingerprint density at radius 2 is 2.20 bits per heavy atom. The van der Waals surface area contributed by atoms with Crippen molar-refractivity contribution in [3.63, 3.8) is 0 Å². The van der Waals surface area contributed by atoms with Gasteiger partial charge in [-0.05, 0) is 37.6 Å². The van der Waals surface area contributed by atoms with Crippen LogP contribution < -0.4 is 10.1 Å². The highest BCUT2D eigenvalue weighted by Gasteiger charge is 2.05. The summed E-state index contributed by atoms with van der Waals surface area (Å²) in [7, 11) is 1.56. The quantitative estimate of drug-likeness (QED) is 0.778. The summed E-state index contributed by atoms with van der Waals surface area (Å²) < 4.78 is 5.06. The molecule has 0 radical (unpaired) electrons. The van der Waals surface area contributed by atoms with Crippen LogP contribution in [0.5, 0.6) is 11.5 Å². The second kappa shape index (κ2) is 5.61. The molecule has 0 saturated carbocycles. The number of likely N-dealkylation sites (N-methyl/N-ethyl adjacent to an activating group) is 1. The molecule has 15 heavy (non-hydrogen) atoms. The minimum Gasteiger partial charge on any atom is -0.504 e. The molecule has 0 aliphatic heterocycles. The topological polar surface area (TPSA) is 41.5 Å². The zero-order chi connectivity index (χ0) is 11.3. The van der Waals surface area contributed by atoms with E-state index in [1.165, 1.54) is 0 Å². The predicted molar refractivity (Wildman–Crippen MR) is 61.5 cm³/mol. The Kier molecular flexibility index (Phi) is 4.43. The van der Waals surface area contributed by atoms with Gasteiger partial charge in [0.1, 0.15) is 0 Å². The first-order valence-corrected chi connectivity index (χ1v) is 5.26. The van der Waals surface area contributed by atoms with Crippen molar-refractivity contribution in [1.29, 1.82) is 0 Å². The van der Waals surface area contributed by atoms with Crippen LogP contribution in [0.2, 0.25) is 0 Å². The van der Waals surface area contributed by atoms with Gasteiger partial charge < -0.3 is 15.2 Å². The Morgan fingerprint density at radius 3 is 2.80 bits per heavy atom. The molecule has 0 aliphatic rings. The maximum Gasteiger partial charge on any atom is 0.160 e. The molecule has 0 bridgehead atoms. The Bertz CT molecular complexity index is 312. The number of aromatic hydroxyl groups is 1. The van der Waals surface area contributed by atoms with E-state index in [-0.39, 0.29) is 5.75 Å². The molecule has 84 valence electrons. The Morgan fingerprint density at radius 1 is 1.47 bits per heavy atom. The summed E-state index contributed by atoms with van der Waals surface area (Å²) in [6.07, 6.45) is 0.935. The van der Waals surface area contributed by atoms with Gasteiger partial charge in [-0.3, -0.25) is 0 Å². The third-order valence-corrected chi connectivity index (χ3v) is 2.34. The molecule has 3 nitrogen and oxygen atoms in total. The predicted octanol–water partition coefficient (Wildman–Crippen LogP) is 1.94. The second-order valence-corrected chi connectivity index (χ2v) is 3.67. The van der Waals surface area contributed by atoms with Crippen molar-refractivity contribution in [2.75, 3.05) is 13.7 Å². The van der Waals surface area contributed by atoms with Crippen molar-refractivity contribution in [3.8, 4) is 11.5 Å². The van der Waals surface area contributed by atoms with Crippen molar-refractivity contribution in [2.24, 2.45) is 0 Å². The number of ether oxygens (including phenoxy) is 1. The molecular formula is C12H19NO2. The molecule has 2 N–H and O–H groups in total. The van der Waals surface area contributed by atoms with Gasteiger partial charge in [-0.2, -0.15) is 0 Å². The molecule has 0 spiro atoms. The summed E-state index contributed by atoms with van der Waals surface area (Å²) >= 11 is 0. The smallest absolute Gasteiger partial charge is 0.160 e. The van der Waals surface area contributed by atoms with E-state index in [9.17, 15) is 5.11 Å². The average molecular weight is 209 g/mol. The summed E-state index contributed by atoms with van der Waals surface area (Å²) in [5.41, 5.74) is 1.16. The number of benzene rings is 1. The van der Waals surface area contributed by atoms with E-state index in [1.807, 2.05) is 12.1 Å². The van der Waals surface area contributed by atoms with E-state index in [2.05, 4.69) is 19.2 Å². The maximum absolute atomic E-state index is 9.43. The van der Waals surface area contributed by atoms with E-state index < -0.39 is 0 Å². The average Bonchev–Trinajstić information content (AvgIpc) is 2.21. The lowest BCUT2D eigenvalue weighted by atomic mass is 10.1. The van der Waals surface area contributed by atoms with Crippen molar-refractivity contribution < 1.29 is 9.84 Å². The molecule has 0 aromatic heterocycles. The maximum atomic E-state index is 9.43. The standard InChI is InChI=1S/C12H19NO2/c1-4-13-9(2)7-10-5-6-11(14)12(8-10)15-3/h5-6,8-9,13-14H,4,7H2,1-3H3. The third-order valence-electron chi connectivity index (χ3n) is 2.34. The molecular weight excluding hydrogens is 190 g/mol. The Labute approximate surface area is 91.1 Å². The van der Waals surface area contributed by atoms with E-state index >= 15 is 0 Å². The molecule has 1 unspecified atom stereocenters. The first-order chi connectivity index (χ1) is 7.17. The van der Waals surface area contributed by atoms with Crippen LogP contribution in [0.15, 0.2) is 18.2 Å². The highest BCUT2D eigenvalue weighted by atomic mass is 16.5. The molecule has 1 aromatic rings. The number of nitrogens with one attached hydrogen (secondary N) is 1. The summed E-state index contributed by atoms with van der Waals surface area (Å²) in [5, 5.41) is 12.8. The van der Waals surface area contributed by atoms with Crippen LogP contribution in [-0.2, 0) is 6.42 Å². The van der Waals surface area contributed by atoms with E-state index in [1.54, 1.807) is 13.2 Å². The van der Waals surface area contributed by atoms with Crippen molar-refractivity contribution in [3.05, 3.63) is 23.8 Å². The first kappa shape index (κ1) is 11.9. The van der Waals surface area contributed by atoms with E-state index in [0.29, 0.717) is 11.8 Å². The highest BCUT2D eigenvalue weighted by molar-refractivity contribution is 5.41. The van der Waals surface area contributed by atoms with Crippen LogP contribution in [0.1, 0.15) is 19.4 Å².